The molecule has 1 fully saturated rings. The van der Waals surface area contributed by atoms with E-state index < -0.39 is 0 Å². The summed E-state index contributed by atoms with van der Waals surface area (Å²) in [7, 11) is 0. The minimum absolute atomic E-state index is 0.510. The summed E-state index contributed by atoms with van der Waals surface area (Å²) in [4.78, 5) is 2.39. The normalized spacial score (nSPS) is 15.2. The summed E-state index contributed by atoms with van der Waals surface area (Å²) in [6, 6.07) is 6.05. The van der Waals surface area contributed by atoms with Crippen LogP contribution < -0.4 is 10.6 Å². The van der Waals surface area contributed by atoms with E-state index in [2.05, 4.69) is 17.9 Å². The Hall–Kier alpha value is -0.730. The fraction of sp³-hybridized carbons (Fsp3) is 0.538. The highest BCUT2D eigenvalue weighted by Crippen LogP contribution is 2.33. The van der Waals surface area contributed by atoms with Crippen molar-refractivity contribution in [3.8, 4) is 0 Å². The first-order valence-corrected chi connectivity index (χ1v) is 6.36. The van der Waals surface area contributed by atoms with Crippen LogP contribution in [0.3, 0.4) is 0 Å². The van der Waals surface area contributed by atoms with Gasteiger partial charge >= 0.3 is 0 Å². The molecular weight excluding hydrogens is 220 g/mol. The molecule has 0 saturated heterocycles. The molecule has 0 unspecified atom stereocenters. The molecule has 0 atom stereocenters. The number of benzene rings is 1. The second kappa shape index (κ2) is 5.07. The first-order valence-electron chi connectivity index (χ1n) is 5.98. The number of hydrogen-bond donors (Lipinski definition) is 1. The number of anilines is 1. The van der Waals surface area contributed by atoms with Crippen molar-refractivity contribution in [2.24, 2.45) is 11.7 Å². The zero-order valence-corrected chi connectivity index (χ0v) is 10.5. The maximum atomic E-state index is 6.18. The quantitative estimate of drug-likeness (QED) is 0.855. The van der Waals surface area contributed by atoms with Crippen LogP contribution in [-0.4, -0.2) is 13.1 Å². The van der Waals surface area contributed by atoms with E-state index in [1.165, 1.54) is 18.5 Å². The van der Waals surface area contributed by atoms with Gasteiger partial charge in [0.25, 0.3) is 0 Å². The molecule has 2 nitrogen and oxygen atoms in total. The van der Waals surface area contributed by atoms with E-state index >= 15 is 0 Å². The molecule has 0 bridgehead atoms. The molecule has 88 valence electrons. The van der Waals surface area contributed by atoms with E-state index in [1.54, 1.807) is 0 Å². The summed E-state index contributed by atoms with van der Waals surface area (Å²) in [5.41, 5.74) is 8.07. The average Bonchev–Trinajstić information content (AvgIpc) is 3.09. The Morgan fingerprint density at radius 1 is 1.44 bits per heavy atom. The number of nitrogens with two attached hydrogens (primary N) is 1. The zero-order chi connectivity index (χ0) is 11.5. The molecule has 1 aromatic rings. The third kappa shape index (κ3) is 2.50. The summed E-state index contributed by atoms with van der Waals surface area (Å²) in [5, 5.41) is 0.786. The van der Waals surface area contributed by atoms with Gasteiger partial charge in [-0.25, -0.2) is 0 Å². The van der Waals surface area contributed by atoms with Crippen molar-refractivity contribution in [3.05, 3.63) is 28.8 Å². The summed E-state index contributed by atoms with van der Waals surface area (Å²) in [6.45, 7) is 4.85. The van der Waals surface area contributed by atoms with Gasteiger partial charge in [0.1, 0.15) is 0 Å². The van der Waals surface area contributed by atoms with Gasteiger partial charge < -0.3 is 10.6 Å². The van der Waals surface area contributed by atoms with E-state index in [1.807, 2.05) is 12.1 Å². The second-order valence-electron chi connectivity index (χ2n) is 4.42. The molecule has 0 spiro atoms. The van der Waals surface area contributed by atoms with Gasteiger partial charge in [0, 0.05) is 35.9 Å². The van der Waals surface area contributed by atoms with Crippen molar-refractivity contribution in [1.29, 1.82) is 0 Å². The highest BCUT2D eigenvalue weighted by Gasteiger charge is 2.24. The van der Waals surface area contributed by atoms with Crippen LogP contribution in [0.15, 0.2) is 18.2 Å². The highest BCUT2D eigenvalue weighted by molar-refractivity contribution is 6.31. The molecule has 2 rings (SSSR count). The largest absolute Gasteiger partial charge is 0.371 e. The van der Waals surface area contributed by atoms with Crippen molar-refractivity contribution in [1.82, 2.24) is 0 Å². The van der Waals surface area contributed by atoms with Gasteiger partial charge in [0.05, 0.1) is 0 Å². The molecule has 0 aromatic heterocycles. The van der Waals surface area contributed by atoms with Crippen LogP contribution in [0, 0.1) is 5.92 Å². The molecular formula is C13H19ClN2. The molecule has 0 amide bonds. The van der Waals surface area contributed by atoms with Gasteiger partial charge in [-0.1, -0.05) is 17.7 Å². The minimum atomic E-state index is 0.510. The van der Waals surface area contributed by atoms with Gasteiger partial charge in [-0.2, -0.15) is 0 Å². The standard InChI is InChI=1S/C13H19ClN2/c1-2-16(9-10-6-7-10)13-5-3-4-12(14)11(13)8-15/h3-5,10H,2,6-9,15H2,1H3. The Kier molecular flexibility index (Phi) is 3.72. The molecule has 1 aliphatic carbocycles. The topological polar surface area (TPSA) is 29.3 Å². The summed E-state index contributed by atoms with van der Waals surface area (Å²) < 4.78 is 0. The maximum absolute atomic E-state index is 6.18. The van der Waals surface area contributed by atoms with Crippen LogP contribution in [0.25, 0.3) is 0 Å². The molecule has 1 aromatic carbocycles. The molecule has 0 heterocycles. The molecule has 16 heavy (non-hydrogen) atoms. The van der Waals surface area contributed by atoms with Crippen molar-refractivity contribution >= 4 is 17.3 Å². The Bertz CT molecular complexity index is 361. The van der Waals surface area contributed by atoms with E-state index in [-0.39, 0.29) is 0 Å². The highest BCUT2D eigenvalue weighted by atomic mass is 35.5. The lowest BCUT2D eigenvalue weighted by atomic mass is 10.1. The number of halogens is 1. The SMILES string of the molecule is CCN(CC1CC1)c1cccc(Cl)c1CN. The zero-order valence-electron chi connectivity index (χ0n) is 9.75. The lowest BCUT2D eigenvalue weighted by molar-refractivity contribution is 0.737. The third-order valence-electron chi connectivity index (χ3n) is 3.20. The Balaban J connectivity index is 2.24. The van der Waals surface area contributed by atoms with E-state index in [4.69, 9.17) is 17.3 Å². The van der Waals surface area contributed by atoms with Crippen molar-refractivity contribution < 1.29 is 0 Å². The minimum Gasteiger partial charge on any atom is -0.371 e. The van der Waals surface area contributed by atoms with Crippen LogP contribution in [0.5, 0.6) is 0 Å². The third-order valence-corrected chi connectivity index (χ3v) is 3.55. The fourth-order valence-electron chi connectivity index (χ4n) is 2.06. The van der Waals surface area contributed by atoms with Crippen LogP contribution in [0.4, 0.5) is 5.69 Å². The number of hydrogen-bond acceptors (Lipinski definition) is 2. The summed E-state index contributed by atoms with van der Waals surface area (Å²) >= 11 is 6.18. The van der Waals surface area contributed by atoms with Crippen LogP contribution >= 0.6 is 11.6 Å². The predicted molar refractivity (Wildman–Crippen MR) is 70.0 cm³/mol. The monoisotopic (exact) mass is 238 g/mol. The number of nitrogens with zero attached hydrogens (tertiary/aromatic N) is 1. The smallest absolute Gasteiger partial charge is 0.0471 e. The Labute approximate surface area is 102 Å². The van der Waals surface area contributed by atoms with Crippen LogP contribution in [0.1, 0.15) is 25.3 Å². The van der Waals surface area contributed by atoms with Crippen LogP contribution in [-0.2, 0) is 6.54 Å². The fourth-order valence-corrected chi connectivity index (χ4v) is 2.30. The average molecular weight is 239 g/mol. The molecule has 0 aliphatic heterocycles. The van der Waals surface area contributed by atoms with Gasteiger partial charge in [0.2, 0.25) is 0 Å². The van der Waals surface area contributed by atoms with Gasteiger partial charge in [0.15, 0.2) is 0 Å². The van der Waals surface area contributed by atoms with E-state index in [0.29, 0.717) is 6.54 Å². The first-order chi connectivity index (χ1) is 7.76. The molecule has 3 heteroatoms. The van der Waals surface area contributed by atoms with Gasteiger partial charge in [-0.3, -0.25) is 0 Å². The Morgan fingerprint density at radius 3 is 2.75 bits per heavy atom. The van der Waals surface area contributed by atoms with Crippen LogP contribution in [0.2, 0.25) is 5.02 Å². The van der Waals surface area contributed by atoms with Crippen molar-refractivity contribution in [2.45, 2.75) is 26.3 Å². The molecule has 0 radical (unpaired) electrons. The molecule has 2 N–H and O–H groups in total. The van der Waals surface area contributed by atoms with E-state index in [0.717, 1.165) is 29.6 Å². The Morgan fingerprint density at radius 2 is 2.19 bits per heavy atom. The molecule has 1 saturated carbocycles. The second-order valence-corrected chi connectivity index (χ2v) is 4.83. The first kappa shape index (κ1) is 11.7. The van der Waals surface area contributed by atoms with Gasteiger partial charge in [-0.05, 0) is 37.8 Å². The predicted octanol–water partition coefficient (Wildman–Crippen LogP) is 3.04. The lowest BCUT2D eigenvalue weighted by Crippen LogP contribution is -2.26. The summed E-state index contributed by atoms with van der Waals surface area (Å²) in [5.74, 6) is 0.879. The number of rotatable bonds is 5. The summed E-state index contributed by atoms with van der Waals surface area (Å²) in [6.07, 6.45) is 2.74. The maximum Gasteiger partial charge on any atom is 0.0471 e. The van der Waals surface area contributed by atoms with Crippen molar-refractivity contribution in [3.63, 3.8) is 0 Å². The van der Waals surface area contributed by atoms with E-state index in [9.17, 15) is 0 Å². The van der Waals surface area contributed by atoms with Gasteiger partial charge in [-0.15, -0.1) is 0 Å². The van der Waals surface area contributed by atoms with Crippen molar-refractivity contribution in [2.75, 3.05) is 18.0 Å². The molecule has 1 aliphatic rings. The lowest BCUT2D eigenvalue weighted by Gasteiger charge is -2.26.